The minimum Gasteiger partial charge on any atom is -0.495 e. The zero-order valence-electron chi connectivity index (χ0n) is 27.1. The van der Waals surface area contributed by atoms with Crippen LogP contribution in [0.3, 0.4) is 0 Å². The van der Waals surface area contributed by atoms with Gasteiger partial charge in [0.15, 0.2) is 5.72 Å². The lowest BCUT2D eigenvalue weighted by Gasteiger charge is -2.40. The Bertz CT molecular complexity index is 1370. The van der Waals surface area contributed by atoms with Gasteiger partial charge >= 0.3 is 12.1 Å². The Morgan fingerprint density at radius 2 is 1.98 bits per heavy atom. The Hall–Kier alpha value is -3.16. The van der Waals surface area contributed by atoms with Crippen LogP contribution >= 0.6 is 11.6 Å². The highest BCUT2D eigenvalue weighted by Gasteiger charge is 2.61. The summed E-state index contributed by atoms with van der Waals surface area (Å²) in [6.45, 7) is 5.40. The van der Waals surface area contributed by atoms with E-state index in [9.17, 15) is 19.5 Å². The van der Waals surface area contributed by atoms with Crippen molar-refractivity contribution in [2.24, 2.45) is 0 Å². The third-order valence-corrected chi connectivity index (χ3v) is 9.25. The molecule has 2 N–H and O–H groups in total. The molecule has 4 rings (SSSR count). The lowest BCUT2D eigenvalue weighted by Crippen LogP contribution is -2.62. The molecule has 4 bridgehead atoms. The van der Waals surface area contributed by atoms with Crippen molar-refractivity contribution in [3.05, 3.63) is 46.5 Å². The highest BCUT2D eigenvalue weighted by atomic mass is 35.5. The summed E-state index contributed by atoms with van der Waals surface area (Å²) in [6, 6.07) is 3.05. The van der Waals surface area contributed by atoms with Gasteiger partial charge in [0.05, 0.1) is 25.3 Å². The predicted octanol–water partition coefficient (Wildman–Crippen LogP) is 3.37. The van der Waals surface area contributed by atoms with Crippen LogP contribution in [0.25, 0.3) is 0 Å². The van der Waals surface area contributed by atoms with E-state index in [1.54, 1.807) is 52.0 Å². The number of hydrogen-bond acceptors (Lipinski definition) is 10. The summed E-state index contributed by atoms with van der Waals surface area (Å²) in [5, 5.41) is 14.3. The number of epoxide rings is 1. The SMILES string of the molecule is COc1cc2cc(c1Cl)N(C)C(=O)C[C@H](OC(=O)[C@H](C)N(C)C)[C@]1(C)O[C@H]1C[C@@H]1C[C@@](O)(NC(=O)O1)[C@H](OC)/C=C/C=C(\C)C2. The molecule has 1 aromatic rings. The molecule has 13 heteroatoms. The molecule has 12 nitrogen and oxygen atoms in total. The number of amides is 2. The zero-order valence-corrected chi connectivity index (χ0v) is 27.8. The van der Waals surface area contributed by atoms with Gasteiger partial charge < -0.3 is 33.7 Å². The van der Waals surface area contributed by atoms with Crippen molar-refractivity contribution in [1.82, 2.24) is 10.2 Å². The van der Waals surface area contributed by atoms with Gasteiger partial charge in [-0.2, -0.15) is 0 Å². The molecule has 0 radical (unpaired) electrons. The van der Waals surface area contributed by atoms with E-state index in [0.29, 0.717) is 17.9 Å². The Kier molecular flexibility index (Phi) is 10.6. The Balaban J connectivity index is 1.76. The fourth-order valence-electron chi connectivity index (χ4n) is 5.70. The van der Waals surface area contributed by atoms with E-state index in [4.69, 9.17) is 35.3 Å². The molecular formula is C32H44ClN3O9. The number of hydrogen-bond donors (Lipinski definition) is 2. The van der Waals surface area contributed by atoms with Gasteiger partial charge in [-0.05, 0) is 59.0 Å². The van der Waals surface area contributed by atoms with Crippen LogP contribution in [0.4, 0.5) is 10.5 Å². The number of fused-ring (bicyclic) bond motifs is 5. The van der Waals surface area contributed by atoms with E-state index in [-0.39, 0.29) is 30.2 Å². The number of benzene rings is 1. The maximum absolute atomic E-state index is 13.8. The van der Waals surface area contributed by atoms with Gasteiger partial charge in [-0.15, -0.1) is 0 Å². The summed E-state index contributed by atoms with van der Waals surface area (Å²) in [6.07, 6.45) is 1.83. The highest BCUT2D eigenvalue weighted by Crippen LogP contribution is 2.46. The lowest BCUT2D eigenvalue weighted by molar-refractivity contribution is -0.158. The number of esters is 1. The molecule has 2 amide bonds. The molecule has 2 saturated heterocycles. The average molecular weight is 650 g/mol. The van der Waals surface area contributed by atoms with Crippen molar-refractivity contribution in [1.29, 1.82) is 0 Å². The van der Waals surface area contributed by atoms with Gasteiger partial charge in [-0.25, -0.2) is 4.79 Å². The van der Waals surface area contributed by atoms with E-state index in [2.05, 4.69) is 5.32 Å². The second-order valence-electron chi connectivity index (χ2n) is 12.4. The maximum atomic E-state index is 13.8. The van der Waals surface area contributed by atoms with E-state index in [1.807, 2.05) is 25.1 Å². The first-order chi connectivity index (χ1) is 21.1. The second kappa shape index (κ2) is 13.7. The Morgan fingerprint density at radius 1 is 1.27 bits per heavy atom. The normalized spacial score (nSPS) is 33.2. The highest BCUT2D eigenvalue weighted by molar-refractivity contribution is 6.35. The van der Waals surface area contributed by atoms with Crippen molar-refractivity contribution in [2.75, 3.05) is 40.3 Å². The predicted molar refractivity (Wildman–Crippen MR) is 167 cm³/mol. The average Bonchev–Trinajstić information content (AvgIpc) is 3.63. The van der Waals surface area contributed by atoms with Crippen molar-refractivity contribution in [2.45, 2.75) is 88.2 Å². The molecule has 3 aliphatic rings. The third kappa shape index (κ3) is 7.63. The van der Waals surface area contributed by atoms with Crippen LogP contribution in [0.1, 0.15) is 45.6 Å². The third-order valence-electron chi connectivity index (χ3n) is 8.87. The topological polar surface area (TPSA) is 139 Å². The molecule has 0 unspecified atom stereocenters. The van der Waals surface area contributed by atoms with Gasteiger partial charge in [0.2, 0.25) is 5.91 Å². The first kappa shape index (κ1) is 34.7. The minimum absolute atomic E-state index is 0.00807. The number of rotatable bonds is 5. The molecule has 2 fully saturated rings. The van der Waals surface area contributed by atoms with Crippen LogP contribution in [0.5, 0.6) is 5.75 Å². The van der Waals surface area contributed by atoms with Gasteiger partial charge in [-0.1, -0.05) is 35.4 Å². The van der Waals surface area contributed by atoms with Crippen molar-refractivity contribution >= 4 is 35.3 Å². The fraction of sp³-hybridized carbons (Fsp3) is 0.594. The van der Waals surface area contributed by atoms with E-state index in [1.165, 1.54) is 19.1 Å². The number of likely N-dealkylation sites (N-methyl/N-ethyl adjacent to an activating group) is 1. The van der Waals surface area contributed by atoms with Crippen LogP contribution in [-0.2, 0) is 35.0 Å². The van der Waals surface area contributed by atoms with Gasteiger partial charge in [0.1, 0.15) is 40.7 Å². The number of nitrogens with one attached hydrogen (secondary N) is 1. The van der Waals surface area contributed by atoms with Crippen LogP contribution in [0.2, 0.25) is 5.02 Å². The molecule has 45 heavy (non-hydrogen) atoms. The molecule has 0 saturated carbocycles. The first-order valence-electron chi connectivity index (χ1n) is 14.9. The first-order valence-corrected chi connectivity index (χ1v) is 15.2. The minimum atomic E-state index is -1.76. The summed E-state index contributed by atoms with van der Waals surface area (Å²) in [5.74, 6) is -0.473. The monoisotopic (exact) mass is 649 g/mol. The summed E-state index contributed by atoms with van der Waals surface area (Å²) in [7, 11) is 8.06. The second-order valence-corrected chi connectivity index (χ2v) is 12.8. The summed E-state index contributed by atoms with van der Waals surface area (Å²) in [5.41, 5.74) is -0.591. The van der Waals surface area contributed by atoms with E-state index in [0.717, 1.165) is 11.1 Å². The van der Waals surface area contributed by atoms with Gasteiger partial charge in [0.25, 0.3) is 0 Å². The van der Waals surface area contributed by atoms with Crippen molar-refractivity contribution < 1.29 is 43.2 Å². The number of ether oxygens (including phenoxy) is 5. The summed E-state index contributed by atoms with van der Waals surface area (Å²) < 4.78 is 28.7. The summed E-state index contributed by atoms with van der Waals surface area (Å²) in [4.78, 5) is 42.7. The molecule has 0 spiro atoms. The number of halogens is 1. The van der Waals surface area contributed by atoms with Crippen LogP contribution in [0.15, 0.2) is 35.9 Å². The largest absolute Gasteiger partial charge is 0.495 e. The summed E-state index contributed by atoms with van der Waals surface area (Å²) >= 11 is 6.69. The number of anilines is 1. The van der Waals surface area contributed by atoms with E-state index >= 15 is 0 Å². The molecule has 248 valence electrons. The van der Waals surface area contributed by atoms with E-state index < -0.39 is 53.8 Å². The molecule has 7 atom stereocenters. The van der Waals surface area contributed by atoms with Crippen molar-refractivity contribution in [3.8, 4) is 5.75 Å². The number of carbonyl (C=O) groups is 3. The number of methoxy groups -OCH3 is 2. The fourth-order valence-corrected chi connectivity index (χ4v) is 6.01. The van der Waals surface area contributed by atoms with Crippen molar-refractivity contribution in [3.63, 3.8) is 0 Å². The number of alkyl carbamates (subject to hydrolysis) is 1. The molecule has 3 aliphatic heterocycles. The standard InChI is InChI=1S/C32H44ClN3O9/c1-18-10-9-11-24(42-8)32(40)17-21(43-30(39)34-32)15-26-31(3,45-26)25(44-29(38)19(2)35(4)5)16-27(37)36(6)22-13-20(12-18)14-23(41-7)28(22)33/h9-11,13-14,19,21,24-26,40H,12,15-17H2,1-8H3,(H,34,39)/b11-9+,18-10+/t19-,21+,24+,25-,26-,31-,32-/m0/s1. The quantitative estimate of drug-likeness (QED) is 0.361. The number of carbonyl (C=O) groups excluding carboxylic acids is 3. The maximum Gasteiger partial charge on any atom is 0.409 e. The smallest absolute Gasteiger partial charge is 0.409 e. The molecule has 0 aromatic heterocycles. The molecule has 1 aromatic carbocycles. The lowest BCUT2D eigenvalue weighted by atomic mass is 9.90. The van der Waals surface area contributed by atoms with Crippen LogP contribution < -0.4 is 15.0 Å². The number of allylic oxidation sites excluding steroid dienone is 3. The Labute approximate surface area is 269 Å². The van der Waals surface area contributed by atoms with Gasteiger partial charge in [-0.3, -0.25) is 19.8 Å². The molecular weight excluding hydrogens is 606 g/mol. The molecule has 0 aliphatic carbocycles. The van der Waals surface area contributed by atoms with Crippen LogP contribution in [-0.4, -0.2) is 105 Å². The zero-order chi connectivity index (χ0) is 33.3. The number of nitrogens with zero attached hydrogens (tertiary/aromatic N) is 2. The Morgan fingerprint density at radius 3 is 2.62 bits per heavy atom. The number of aliphatic hydroxyl groups is 1. The van der Waals surface area contributed by atoms with Crippen LogP contribution in [0, 0.1) is 0 Å². The molecule has 3 heterocycles. The van der Waals surface area contributed by atoms with Gasteiger partial charge in [0, 0.05) is 27.0 Å².